The van der Waals surface area contributed by atoms with Gasteiger partial charge < -0.3 is 9.80 Å². The van der Waals surface area contributed by atoms with Crippen molar-refractivity contribution in [2.75, 3.05) is 36.4 Å². The fourth-order valence-electron chi connectivity index (χ4n) is 3.06. The topological polar surface area (TPSA) is 61.4 Å². The van der Waals surface area contributed by atoms with E-state index in [0.717, 1.165) is 23.5 Å². The lowest BCUT2D eigenvalue weighted by atomic mass is 10.2. The van der Waals surface area contributed by atoms with Crippen molar-refractivity contribution in [1.29, 1.82) is 0 Å². The molecule has 1 aliphatic heterocycles. The smallest absolute Gasteiger partial charge is 0.352 e. The number of thiazole rings is 1. The number of urea groups is 1. The van der Waals surface area contributed by atoms with Crippen LogP contribution in [0.3, 0.4) is 0 Å². The summed E-state index contributed by atoms with van der Waals surface area (Å²) >= 11 is 7.18. The van der Waals surface area contributed by atoms with Crippen molar-refractivity contribution in [2.24, 2.45) is 0 Å². The summed E-state index contributed by atoms with van der Waals surface area (Å²) in [5.41, 5.74) is -0.330. The van der Waals surface area contributed by atoms with Crippen LogP contribution in [0.1, 0.15) is 5.56 Å². The van der Waals surface area contributed by atoms with E-state index < -0.39 is 11.7 Å². The second-order valence-electron chi connectivity index (χ2n) is 6.41. The number of hydrogen-bond acceptors (Lipinski definition) is 5. The summed E-state index contributed by atoms with van der Waals surface area (Å²) in [6, 6.07) is 6.51. The third-order valence-electron chi connectivity index (χ3n) is 4.54. The molecule has 1 saturated heterocycles. The van der Waals surface area contributed by atoms with E-state index >= 15 is 0 Å². The van der Waals surface area contributed by atoms with Gasteiger partial charge in [-0.25, -0.2) is 14.8 Å². The number of halogens is 4. The summed E-state index contributed by atoms with van der Waals surface area (Å²) in [4.78, 5) is 24.6. The SMILES string of the molecule is O=C(Nc1nc2ccc(C(F)(F)F)cc2s1)N1CCN(c2ncccc2Cl)CC1. The van der Waals surface area contributed by atoms with Gasteiger partial charge >= 0.3 is 12.2 Å². The van der Waals surface area contributed by atoms with Crippen molar-refractivity contribution in [2.45, 2.75) is 6.18 Å². The van der Waals surface area contributed by atoms with Crippen LogP contribution >= 0.6 is 22.9 Å². The fraction of sp³-hybridized carbons (Fsp3) is 0.278. The molecule has 0 radical (unpaired) electrons. The van der Waals surface area contributed by atoms with Gasteiger partial charge in [0.15, 0.2) is 5.13 Å². The molecule has 2 aromatic heterocycles. The quantitative estimate of drug-likeness (QED) is 0.625. The number of carbonyl (C=O) groups excluding carboxylic acids is 1. The van der Waals surface area contributed by atoms with Crippen LogP contribution in [0.15, 0.2) is 36.5 Å². The highest BCUT2D eigenvalue weighted by atomic mass is 35.5. The van der Waals surface area contributed by atoms with Crippen LogP contribution in [-0.2, 0) is 6.18 Å². The zero-order chi connectivity index (χ0) is 20.6. The number of anilines is 2. The zero-order valence-electron chi connectivity index (χ0n) is 14.9. The molecule has 1 aliphatic rings. The molecule has 3 heterocycles. The predicted molar refractivity (Wildman–Crippen MR) is 107 cm³/mol. The summed E-state index contributed by atoms with van der Waals surface area (Å²) in [6.07, 6.45) is -2.75. The van der Waals surface area contributed by atoms with Crippen LogP contribution in [0, 0.1) is 0 Å². The first-order chi connectivity index (χ1) is 13.8. The highest BCUT2D eigenvalue weighted by Gasteiger charge is 2.31. The molecule has 0 bridgehead atoms. The van der Waals surface area contributed by atoms with Crippen LogP contribution in [-0.4, -0.2) is 47.1 Å². The van der Waals surface area contributed by atoms with E-state index in [2.05, 4.69) is 15.3 Å². The number of pyridine rings is 1. The van der Waals surface area contributed by atoms with Gasteiger partial charge in [-0.2, -0.15) is 13.2 Å². The summed E-state index contributed by atoms with van der Waals surface area (Å²) in [6.45, 7) is 2.06. The number of aromatic nitrogens is 2. The average Bonchev–Trinajstić information content (AvgIpc) is 3.09. The predicted octanol–water partition coefficient (Wildman–Crippen LogP) is 4.72. The van der Waals surface area contributed by atoms with Gasteiger partial charge in [0.2, 0.25) is 0 Å². The Hall–Kier alpha value is -2.59. The molecule has 0 spiro atoms. The molecule has 6 nitrogen and oxygen atoms in total. The van der Waals surface area contributed by atoms with E-state index in [4.69, 9.17) is 11.6 Å². The largest absolute Gasteiger partial charge is 0.416 e. The van der Waals surface area contributed by atoms with Crippen LogP contribution in [0.4, 0.5) is 28.9 Å². The van der Waals surface area contributed by atoms with Crippen molar-refractivity contribution >= 4 is 50.1 Å². The Labute approximate surface area is 172 Å². The number of hydrogen-bond donors (Lipinski definition) is 1. The van der Waals surface area contributed by atoms with E-state index in [1.807, 2.05) is 4.90 Å². The Bertz CT molecular complexity index is 1050. The third kappa shape index (κ3) is 4.23. The average molecular weight is 442 g/mol. The van der Waals surface area contributed by atoms with E-state index in [9.17, 15) is 18.0 Å². The lowest BCUT2D eigenvalue weighted by Gasteiger charge is -2.35. The van der Waals surface area contributed by atoms with Gasteiger partial charge in [-0.15, -0.1) is 0 Å². The van der Waals surface area contributed by atoms with Crippen LogP contribution < -0.4 is 10.2 Å². The van der Waals surface area contributed by atoms with Crippen molar-refractivity contribution < 1.29 is 18.0 Å². The number of nitrogens with zero attached hydrogens (tertiary/aromatic N) is 4. The van der Waals surface area contributed by atoms with Crippen LogP contribution in [0.2, 0.25) is 5.02 Å². The van der Waals surface area contributed by atoms with E-state index in [1.54, 1.807) is 23.2 Å². The molecule has 29 heavy (non-hydrogen) atoms. The van der Waals surface area contributed by atoms with Gasteiger partial charge in [0.25, 0.3) is 0 Å². The molecule has 152 valence electrons. The molecule has 1 aromatic carbocycles. The molecular formula is C18H15ClF3N5OS. The van der Waals surface area contributed by atoms with E-state index in [-0.39, 0.29) is 11.2 Å². The Morgan fingerprint density at radius 2 is 1.93 bits per heavy atom. The number of nitrogens with one attached hydrogen (secondary N) is 1. The molecule has 0 atom stereocenters. The zero-order valence-corrected chi connectivity index (χ0v) is 16.5. The molecule has 4 rings (SSSR count). The Balaban J connectivity index is 1.40. The summed E-state index contributed by atoms with van der Waals surface area (Å²) < 4.78 is 38.9. The van der Waals surface area contributed by atoms with Gasteiger partial charge in [0.05, 0.1) is 20.8 Å². The summed E-state index contributed by atoms with van der Waals surface area (Å²) in [7, 11) is 0. The molecule has 3 aromatic rings. The van der Waals surface area contributed by atoms with Crippen LogP contribution in [0.25, 0.3) is 10.2 Å². The first kappa shape index (κ1) is 19.7. The number of alkyl halides is 3. The summed E-state index contributed by atoms with van der Waals surface area (Å²) in [5.74, 6) is 0.681. The molecular weight excluding hydrogens is 427 g/mol. The maximum Gasteiger partial charge on any atom is 0.416 e. The first-order valence-corrected chi connectivity index (χ1v) is 9.90. The molecule has 0 aliphatic carbocycles. The molecule has 0 unspecified atom stereocenters. The van der Waals surface area contributed by atoms with Gasteiger partial charge in [-0.05, 0) is 30.3 Å². The minimum Gasteiger partial charge on any atom is -0.352 e. The Morgan fingerprint density at radius 1 is 1.17 bits per heavy atom. The monoisotopic (exact) mass is 441 g/mol. The first-order valence-electron chi connectivity index (χ1n) is 8.70. The second-order valence-corrected chi connectivity index (χ2v) is 7.85. The van der Waals surface area contributed by atoms with Gasteiger partial charge in [-0.3, -0.25) is 5.32 Å². The van der Waals surface area contributed by atoms with Gasteiger partial charge in [0, 0.05) is 32.4 Å². The van der Waals surface area contributed by atoms with E-state index in [0.29, 0.717) is 47.2 Å². The molecule has 1 fully saturated rings. The maximum atomic E-state index is 12.8. The second kappa shape index (κ2) is 7.68. The Morgan fingerprint density at radius 3 is 2.62 bits per heavy atom. The number of carbonyl (C=O) groups is 1. The lowest BCUT2D eigenvalue weighted by molar-refractivity contribution is -0.137. The number of fused-ring (bicyclic) bond motifs is 1. The number of rotatable bonds is 2. The molecule has 2 amide bonds. The van der Waals surface area contributed by atoms with E-state index in [1.165, 1.54) is 6.07 Å². The molecule has 0 saturated carbocycles. The number of piperazine rings is 1. The number of benzene rings is 1. The molecule has 1 N–H and O–H groups in total. The molecule has 11 heteroatoms. The number of amides is 2. The highest BCUT2D eigenvalue weighted by molar-refractivity contribution is 7.22. The van der Waals surface area contributed by atoms with Gasteiger partial charge in [0.1, 0.15) is 5.82 Å². The standard InChI is InChI=1S/C18H15ClF3N5OS/c19-12-2-1-5-23-15(12)26-6-8-27(9-7-26)17(28)25-16-24-13-4-3-11(18(20,21)22)10-14(13)29-16/h1-5,10H,6-9H2,(H,24,25,28). The minimum absolute atomic E-state index is 0.263. The van der Waals surface area contributed by atoms with Crippen molar-refractivity contribution in [3.63, 3.8) is 0 Å². The maximum absolute atomic E-state index is 12.8. The van der Waals surface area contributed by atoms with Gasteiger partial charge in [-0.1, -0.05) is 22.9 Å². The Kier molecular flexibility index (Phi) is 5.22. The van der Waals surface area contributed by atoms with Crippen molar-refractivity contribution in [3.05, 3.63) is 47.1 Å². The van der Waals surface area contributed by atoms with Crippen LogP contribution in [0.5, 0.6) is 0 Å². The van der Waals surface area contributed by atoms with Crippen molar-refractivity contribution in [3.8, 4) is 0 Å². The highest BCUT2D eigenvalue weighted by Crippen LogP contribution is 2.34. The van der Waals surface area contributed by atoms with Crippen molar-refractivity contribution in [1.82, 2.24) is 14.9 Å². The fourth-order valence-corrected chi connectivity index (χ4v) is 4.19. The summed E-state index contributed by atoms with van der Waals surface area (Å²) in [5, 5.41) is 3.50. The minimum atomic E-state index is -4.42. The normalized spacial score (nSPS) is 15.0. The third-order valence-corrected chi connectivity index (χ3v) is 5.76. The lowest BCUT2D eigenvalue weighted by Crippen LogP contribution is -2.50.